The predicted molar refractivity (Wildman–Crippen MR) is 88.3 cm³/mol. The molecule has 4 nitrogen and oxygen atoms in total. The second-order valence-electron chi connectivity index (χ2n) is 6.45. The molecule has 2 N–H and O–H groups in total. The van der Waals surface area contributed by atoms with Crippen molar-refractivity contribution < 1.29 is 9.59 Å². The average Bonchev–Trinajstić information content (AvgIpc) is 2.77. The molecule has 1 aromatic carbocycles. The third-order valence-electron chi connectivity index (χ3n) is 4.74. The van der Waals surface area contributed by atoms with E-state index in [0.717, 1.165) is 16.7 Å². The largest absolute Gasteiger partial charge is 0.319 e. The van der Waals surface area contributed by atoms with Crippen molar-refractivity contribution in [1.82, 2.24) is 0 Å². The zero-order valence-corrected chi connectivity index (χ0v) is 13.5. The van der Waals surface area contributed by atoms with E-state index in [0.29, 0.717) is 5.69 Å². The fourth-order valence-corrected chi connectivity index (χ4v) is 3.01. The lowest BCUT2D eigenvalue weighted by molar-refractivity contribution is -0.121. The molecule has 22 heavy (non-hydrogen) atoms. The topological polar surface area (TPSA) is 63.4 Å². The Morgan fingerprint density at radius 2 is 1.55 bits per heavy atom. The van der Waals surface area contributed by atoms with Gasteiger partial charge in [-0.25, -0.2) is 4.90 Å². The number of carbonyl (C=O) groups excluding carboxylic acids is 2. The van der Waals surface area contributed by atoms with Gasteiger partial charge in [-0.1, -0.05) is 57.7 Å². The minimum atomic E-state index is -0.678. The fourth-order valence-electron chi connectivity index (χ4n) is 3.01. The fraction of sp³-hybridized carbons (Fsp3) is 0.556. The molecule has 120 valence electrons. The van der Waals surface area contributed by atoms with Gasteiger partial charge in [-0.2, -0.15) is 0 Å². The molecule has 4 heteroatoms. The molecule has 1 unspecified atom stereocenters. The first-order chi connectivity index (χ1) is 10.5. The molecule has 2 aliphatic rings. The van der Waals surface area contributed by atoms with Gasteiger partial charge < -0.3 is 5.73 Å². The monoisotopic (exact) mass is 302 g/mol. The van der Waals surface area contributed by atoms with Crippen LogP contribution in [0.3, 0.4) is 0 Å². The molecule has 1 aromatic rings. The maximum absolute atomic E-state index is 11.5. The summed E-state index contributed by atoms with van der Waals surface area (Å²) in [6.07, 6.45) is 6.01. The quantitative estimate of drug-likeness (QED) is 0.811. The summed E-state index contributed by atoms with van der Waals surface area (Å²) in [6, 6.07) is 8.14. The van der Waals surface area contributed by atoms with E-state index in [1.54, 1.807) is 24.3 Å². The molecule has 3 atom stereocenters. The maximum atomic E-state index is 11.5. The van der Waals surface area contributed by atoms with Crippen molar-refractivity contribution in [1.29, 1.82) is 0 Å². The van der Waals surface area contributed by atoms with E-state index in [-0.39, 0.29) is 18.2 Å². The maximum Gasteiger partial charge on any atom is 0.251 e. The van der Waals surface area contributed by atoms with Crippen LogP contribution in [0.15, 0.2) is 30.3 Å². The van der Waals surface area contributed by atoms with Gasteiger partial charge in [-0.3, -0.25) is 9.59 Å². The molecule has 1 aliphatic heterocycles. The van der Waals surface area contributed by atoms with Crippen LogP contribution in [0.25, 0.3) is 0 Å². The van der Waals surface area contributed by atoms with E-state index in [4.69, 9.17) is 5.73 Å². The van der Waals surface area contributed by atoms with Crippen molar-refractivity contribution in [2.75, 3.05) is 4.90 Å². The van der Waals surface area contributed by atoms with Crippen LogP contribution in [-0.2, 0) is 9.59 Å². The molecule has 0 aromatic heterocycles. The summed E-state index contributed by atoms with van der Waals surface area (Å²) in [4.78, 5) is 24.1. The molecular formula is C18H26N2O2. The Morgan fingerprint density at radius 3 is 1.95 bits per heavy atom. The van der Waals surface area contributed by atoms with E-state index in [2.05, 4.69) is 13.8 Å². The molecule has 1 saturated heterocycles. The van der Waals surface area contributed by atoms with Crippen LogP contribution in [0.1, 0.15) is 46.0 Å². The number of rotatable bonds is 1. The van der Waals surface area contributed by atoms with Crippen molar-refractivity contribution >= 4 is 17.5 Å². The van der Waals surface area contributed by atoms with Crippen LogP contribution in [-0.4, -0.2) is 17.9 Å². The molecule has 2 fully saturated rings. The predicted octanol–water partition coefficient (Wildman–Crippen LogP) is 3.11. The summed E-state index contributed by atoms with van der Waals surface area (Å²) >= 11 is 0. The lowest BCUT2D eigenvalue weighted by Crippen LogP contribution is -2.35. The molecule has 0 radical (unpaired) electrons. The summed E-state index contributed by atoms with van der Waals surface area (Å²) < 4.78 is 0. The Hall–Kier alpha value is -1.68. The van der Waals surface area contributed by atoms with E-state index in [1.807, 2.05) is 6.07 Å². The number of para-hydroxylation sites is 1. The molecule has 1 aliphatic carbocycles. The minimum Gasteiger partial charge on any atom is -0.319 e. The van der Waals surface area contributed by atoms with Crippen molar-refractivity contribution in [2.45, 2.75) is 52.0 Å². The van der Waals surface area contributed by atoms with Gasteiger partial charge in [0.05, 0.1) is 18.2 Å². The van der Waals surface area contributed by atoms with Gasteiger partial charge in [0, 0.05) is 0 Å². The normalized spacial score (nSPS) is 28.3. The van der Waals surface area contributed by atoms with Crippen molar-refractivity contribution in [2.24, 2.45) is 17.6 Å². The number of benzene rings is 1. The summed E-state index contributed by atoms with van der Waals surface area (Å²) in [5.74, 6) is 1.46. The summed E-state index contributed by atoms with van der Waals surface area (Å²) in [5.41, 5.74) is 6.08. The summed E-state index contributed by atoms with van der Waals surface area (Å²) in [7, 11) is 0. The highest BCUT2D eigenvalue weighted by Crippen LogP contribution is 2.28. The van der Waals surface area contributed by atoms with E-state index >= 15 is 0 Å². The number of anilines is 1. The first kappa shape index (κ1) is 16.7. The highest BCUT2D eigenvalue weighted by molar-refractivity contribution is 6.22. The van der Waals surface area contributed by atoms with Crippen LogP contribution in [0.4, 0.5) is 5.69 Å². The molecular weight excluding hydrogens is 276 g/mol. The summed E-state index contributed by atoms with van der Waals surface area (Å²) in [5, 5.41) is 0. The second-order valence-corrected chi connectivity index (χ2v) is 6.45. The number of carbonyl (C=O) groups is 2. The zero-order valence-electron chi connectivity index (χ0n) is 13.5. The lowest BCUT2D eigenvalue weighted by atomic mass is 9.82. The van der Waals surface area contributed by atoms with Crippen molar-refractivity contribution in [3.8, 4) is 0 Å². The van der Waals surface area contributed by atoms with Crippen LogP contribution in [0.2, 0.25) is 0 Å². The standard InChI is InChI=1S/C10H10N2O2.C8H16/c11-8-6-9(13)12(10(8)14)7-4-2-1-3-5-7;1-7-5-3-4-6-8(7)2/h1-5,8H,6,11H2;7-8H,3-6H2,1-2H3/t8-;7-,8?/m00/s1. The number of imide groups is 1. The molecule has 2 amide bonds. The minimum absolute atomic E-state index is 0.105. The van der Waals surface area contributed by atoms with Crippen LogP contribution < -0.4 is 10.6 Å². The van der Waals surface area contributed by atoms with E-state index < -0.39 is 6.04 Å². The Bertz CT molecular complexity index is 505. The Balaban J connectivity index is 0.000000188. The van der Waals surface area contributed by atoms with Crippen molar-refractivity contribution in [3.63, 3.8) is 0 Å². The molecule has 0 bridgehead atoms. The second kappa shape index (κ2) is 7.54. The Labute approximate surface area is 132 Å². The first-order valence-corrected chi connectivity index (χ1v) is 8.18. The molecule has 3 rings (SSSR count). The zero-order chi connectivity index (χ0) is 16.1. The van der Waals surface area contributed by atoms with Crippen molar-refractivity contribution in [3.05, 3.63) is 30.3 Å². The van der Waals surface area contributed by atoms with Gasteiger partial charge in [0.15, 0.2) is 0 Å². The number of hydrogen-bond donors (Lipinski definition) is 1. The number of hydrogen-bond acceptors (Lipinski definition) is 3. The van der Waals surface area contributed by atoms with Gasteiger partial charge in [-0.05, 0) is 24.0 Å². The Morgan fingerprint density at radius 1 is 1.00 bits per heavy atom. The first-order valence-electron chi connectivity index (χ1n) is 8.18. The smallest absolute Gasteiger partial charge is 0.251 e. The average molecular weight is 302 g/mol. The van der Waals surface area contributed by atoms with Gasteiger partial charge >= 0.3 is 0 Å². The Kier molecular flexibility index (Phi) is 5.72. The van der Waals surface area contributed by atoms with E-state index in [9.17, 15) is 9.59 Å². The molecule has 1 saturated carbocycles. The van der Waals surface area contributed by atoms with Gasteiger partial charge in [-0.15, -0.1) is 0 Å². The van der Waals surface area contributed by atoms with Crippen LogP contribution in [0, 0.1) is 11.8 Å². The third-order valence-corrected chi connectivity index (χ3v) is 4.74. The summed E-state index contributed by atoms with van der Waals surface area (Å²) in [6.45, 7) is 4.76. The van der Waals surface area contributed by atoms with Gasteiger partial charge in [0.25, 0.3) is 5.91 Å². The number of nitrogens with zero attached hydrogens (tertiary/aromatic N) is 1. The van der Waals surface area contributed by atoms with Crippen LogP contribution >= 0.6 is 0 Å². The highest BCUT2D eigenvalue weighted by atomic mass is 16.2. The third kappa shape index (κ3) is 3.95. The van der Waals surface area contributed by atoms with Crippen LogP contribution in [0.5, 0.6) is 0 Å². The van der Waals surface area contributed by atoms with Gasteiger partial charge in [0.1, 0.15) is 0 Å². The van der Waals surface area contributed by atoms with E-state index in [1.165, 1.54) is 25.7 Å². The molecule has 1 heterocycles. The lowest BCUT2D eigenvalue weighted by Gasteiger charge is -2.24. The number of amides is 2. The number of nitrogens with two attached hydrogens (primary N) is 1. The molecule has 0 spiro atoms. The SMILES string of the molecule is CC1CCCC[C@@H]1C.N[C@H]1CC(=O)N(c2ccccc2)C1=O. The van der Waals surface area contributed by atoms with Gasteiger partial charge in [0.2, 0.25) is 5.91 Å². The highest BCUT2D eigenvalue weighted by Gasteiger charge is 2.36.